The predicted molar refractivity (Wildman–Crippen MR) is 57.0 cm³/mol. The van der Waals surface area contributed by atoms with Crippen LogP contribution < -0.4 is 5.69 Å². The second-order valence-corrected chi connectivity index (χ2v) is 3.68. The second kappa shape index (κ2) is 3.93. The van der Waals surface area contributed by atoms with E-state index in [0.717, 1.165) is 0 Å². The predicted octanol–water partition coefficient (Wildman–Crippen LogP) is 0.230. The second-order valence-electron chi connectivity index (χ2n) is 3.68. The van der Waals surface area contributed by atoms with Gasteiger partial charge in [0.25, 0.3) is 0 Å². The molecule has 0 aliphatic rings. The minimum atomic E-state index is -1.13. The summed E-state index contributed by atoms with van der Waals surface area (Å²) in [6, 6.07) is 1.40. The molecule has 0 spiro atoms. The number of carbonyl (C=O) groups is 1. The minimum absolute atomic E-state index is 0.138. The molecule has 90 valence electrons. The Morgan fingerprint density at radius 3 is 2.76 bits per heavy atom. The van der Waals surface area contributed by atoms with Gasteiger partial charge in [0, 0.05) is 12.6 Å². The zero-order chi connectivity index (χ0) is 12.6. The van der Waals surface area contributed by atoms with Crippen molar-refractivity contribution in [2.45, 2.75) is 13.5 Å². The third-order valence-corrected chi connectivity index (χ3v) is 2.44. The maximum Gasteiger partial charge on any atom is 0.371 e. The van der Waals surface area contributed by atoms with Gasteiger partial charge in [-0.25, -0.2) is 14.3 Å². The molecule has 2 rings (SSSR count). The Kier molecular flexibility index (Phi) is 2.58. The molecule has 2 aromatic rings. The number of hydrogen-bond donors (Lipinski definition) is 1. The molecule has 7 heteroatoms. The summed E-state index contributed by atoms with van der Waals surface area (Å²) in [6.45, 7) is 1.85. The van der Waals surface area contributed by atoms with Crippen molar-refractivity contribution in [3.05, 3.63) is 40.0 Å². The third kappa shape index (κ3) is 1.99. The zero-order valence-electron chi connectivity index (χ0n) is 9.38. The van der Waals surface area contributed by atoms with Crippen molar-refractivity contribution < 1.29 is 14.3 Å². The summed E-state index contributed by atoms with van der Waals surface area (Å²) in [5, 5.41) is 12.6. The van der Waals surface area contributed by atoms with Crippen molar-refractivity contribution in [3.8, 4) is 0 Å². The number of rotatable bonds is 3. The normalized spacial score (nSPS) is 10.7. The maximum absolute atomic E-state index is 11.5. The molecule has 0 fully saturated rings. The molecule has 2 aromatic heterocycles. The lowest BCUT2D eigenvalue weighted by Crippen LogP contribution is -2.23. The largest absolute Gasteiger partial charge is 0.475 e. The SMILES string of the molecule is Cc1oc(C(=O)O)cc1Cn1ncn(C)c1=O. The molecule has 0 bridgehead atoms. The molecule has 2 heterocycles. The van der Waals surface area contributed by atoms with Crippen LogP contribution >= 0.6 is 0 Å². The molecule has 0 aromatic carbocycles. The van der Waals surface area contributed by atoms with Crippen LogP contribution in [0.3, 0.4) is 0 Å². The van der Waals surface area contributed by atoms with E-state index in [1.54, 1.807) is 14.0 Å². The van der Waals surface area contributed by atoms with Gasteiger partial charge < -0.3 is 9.52 Å². The summed E-state index contributed by atoms with van der Waals surface area (Å²) in [5.41, 5.74) is 0.366. The van der Waals surface area contributed by atoms with Crippen LogP contribution in [-0.2, 0) is 13.6 Å². The standard InChI is InChI=1S/C10H11N3O4/c1-6-7(3-8(17-6)9(14)15)4-13-10(16)12(2)5-11-13/h3,5H,4H2,1-2H3,(H,14,15). The van der Waals surface area contributed by atoms with Gasteiger partial charge in [0.1, 0.15) is 12.1 Å². The van der Waals surface area contributed by atoms with Crippen LogP contribution in [0.15, 0.2) is 21.6 Å². The monoisotopic (exact) mass is 237 g/mol. The highest BCUT2D eigenvalue weighted by Gasteiger charge is 2.14. The smallest absolute Gasteiger partial charge is 0.371 e. The Bertz CT molecular complexity index is 620. The van der Waals surface area contributed by atoms with Gasteiger partial charge in [-0.1, -0.05) is 0 Å². The Morgan fingerprint density at radius 2 is 2.29 bits per heavy atom. The number of carboxylic acids is 1. The van der Waals surface area contributed by atoms with E-state index >= 15 is 0 Å². The summed E-state index contributed by atoms with van der Waals surface area (Å²) in [5.74, 6) is -0.797. The molecule has 0 radical (unpaired) electrons. The number of hydrogen-bond acceptors (Lipinski definition) is 4. The van der Waals surface area contributed by atoms with E-state index in [2.05, 4.69) is 5.10 Å². The number of aromatic carboxylic acids is 1. The topological polar surface area (TPSA) is 90.3 Å². The first-order chi connectivity index (χ1) is 7.99. The molecule has 0 amide bonds. The quantitative estimate of drug-likeness (QED) is 0.825. The van der Waals surface area contributed by atoms with Crippen molar-refractivity contribution in [1.82, 2.24) is 14.3 Å². The summed E-state index contributed by atoms with van der Waals surface area (Å²) in [4.78, 5) is 22.2. The summed E-state index contributed by atoms with van der Waals surface area (Å²) >= 11 is 0. The minimum Gasteiger partial charge on any atom is -0.475 e. The first-order valence-corrected chi connectivity index (χ1v) is 4.90. The lowest BCUT2D eigenvalue weighted by molar-refractivity contribution is 0.0661. The van der Waals surface area contributed by atoms with Crippen molar-refractivity contribution >= 4 is 5.97 Å². The van der Waals surface area contributed by atoms with Crippen molar-refractivity contribution in [2.75, 3.05) is 0 Å². The Morgan fingerprint density at radius 1 is 1.59 bits per heavy atom. The maximum atomic E-state index is 11.5. The van der Waals surface area contributed by atoms with Gasteiger partial charge in [-0.15, -0.1) is 0 Å². The number of nitrogens with zero attached hydrogens (tertiary/aromatic N) is 3. The summed E-state index contributed by atoms with van der Waals surface area (Å²) in [7, 11) is 1.59. The van der Waals surface area contributed by atoms with Gasteiger partial charge in [-0.3, -0.25) is 4.57 Å². The van der Waals surface area contributed by atoms with Crippen LogP contribution in [-0.4, -0.2) is 25.4 Å². The van der Waals surface area contributed by atoms with Gasteiger partial charge in [0.15, 0.2) is 0 Å². The summed E-state index contributed by atoms with van der Waals surface area (Å²) in [6.07, 6.45) is 1.40. The molecule has 17 heavy (non-hydrogen) atoms. The number of aryl methyl sites for hydroxylation is 2. The van der Waals surface area contributed by atoms with Crippen LogP contribution in [0.5, 0.6) is 0 Å². The molecule has 0 saturated carbocycles. The highest BCUT2D eigenvalue weighted by atomic mass is 16.4. The molecule has 1 N–H and O–H groups in total. The fraction of sp³-hybridized carbons (Fsp3) is 0.300. The van der Waals surface area contributed by atoms with Crippen molar-refractivity contribution in [1.29, 1.82) is 0 Å². The van der Waals surface area contributed by atoms with Gasteiger partial charge in [-0.05, 0) is 13.0 Å². The highest BCUT2D eigenvalue weighted by molar-refractivity contribution is 5.84. The number of furan rings is 1. The molecular formula is C10H11N3O4. The average molecular weight is 237 g/mol. The Hall–Kier alpha value is -2.31. The van der Waals surface area contributed by atoms with E-state index in [0.29, 0.717) is 11.3 Å². The third-order valence-electron chi connectivity index (χ3n) is 2.44. The molecule has 0 atom stereocenters. The molecule has 0 aliphatic carbocycles. The Labute approximate surface area is 95.9 Å². The lowest BCUT2D eigenvalue weighted by Gasteiger charge is -1.96. The van der Waals surface area contributed by atoms with Crippen LogP contribution in [0, 0.1) is 6.92 Å². The molecule has 0 saturated heterocycles. The zero-order valence-corrected chi connectivity index (χ0v) is 9.38. The van der Waals surface area contributed by atoms with Crippen LogP contribution in [0.2, 0.25) is 0 Å². The molecule has 0 aliphatic heterocycles. The Balaban J connectivity index is 2.33. The lowest BCUT2D eigenvalue weighted by atomic mass is 10.2. The molecular weight excluding hydrogens is 226 g/mol. The van der Waals surface area contributed by atoms with E-state index in [-0.39, 0.29) is 18.0 Å². The molecule has 7 nitrogen and oxygen atoms in total. The average Bonchev–Trinajstić information content (AvgIpc) is 2.77. The van der Waals surface area contributed by atoms with E-state index in [9.17, 15) is 9.59 Å². The van der Waals surface area contributed by atoms with Gasteiger partial charge in [0.05, 0.1) is 6.54 Å². The fourth-order valence-corrected chi connectivity index (χ4v) is 1.47. The number of carboxylic acid groups (broad SMARTS) is 1. The fourth-order valence-electron chi connectivity index (χ4n) is 1.47. The number of aromatic nitrogens is 3. The first-order valence-electron chi connectivity index (χ1n) is 4.90. The van der Waals surface area contributed by atoms with Gasteiger partial charge >= 0.3 is 11.7 Å². The molecule has 0 unspecified atom stereocenters. The van der Waals surface area contributed by atoms with Gasteiger partial charge in [-0.2, -0.15) is 5.10 Å². The van der Waals surface area contributed by atoms with Crippen LogP contribution in [0.1, 0.15) is 21.9 Å². The first kappa shape index (κ1) is 11.2. The van der Waals surface area contributed by atoms with E-state index < -0.39 is 5.97 Å². The van der Waals surface area contributed by atoms with Crippen molar-refractivity contribution in [2.24, 2.45) is 7.05 Å². The highest BCUT2D eigenvalue weighted by Crippen LogP contribution is 2.15. The summed E-state index contributed by atoms with van der Waals surface area (Å²) < 4.78 is 7.63. The van der Waals surface area contributed by atoms with E-state index in [4.69, 9.17) is 9.52 Å². The van der Waals surface area contributed by atoms with Gasteiger partial charge in [0.2, 0.25) is 5.76 Å². The van der Waals surface area contributed by atoms with Crippen molar-refractivity contribution in [3.63, 3.8) is 0 Å². The van der Waals surface area contributed by atoms with E-state index in [1.807, 2.05) is 0 Å². The van der Waals surface area contributed by atoms with Crippen LogP contribution in [0.4, 0.5) is 0 Å². The van der Waals surface area contributed by atoms with Crippen LogP contribution in [0.25, 0.3) is 0 Å². The van der Waals surface area contributed by atoms with E-state index in [1.165, 1.54) is 21.6 Å².